The second-order valence-corrected chi connectivity index (χ2v) is 5.79. The highest BCUT2D eigenvalue weighted by Crippen LogP contribution is 2.29. The maximum Gasteiger partial charge on any atom is 0.308 e. The molecule has 0 saturated carbocycles. The summed E-state index contributed by atoms with van der Waals surface area (Å²) in [6.07, 6.45) is 0. The summed E-state index contributed by atoms with van der Waals surface area (Å²) >= 11 is 17.1. The average Bonchev–Trinajstić information content (AvgIpc) is 2.51. The molecule has 0 aliphatic carbocycles. The van der Waals surface area contributed by atoms with E-state index in [1.165, 1.54) is 19.1 Å². The van der Waals surface area contributed by atoms with Crippen LogP contribution in [-0.4, -0.2) is 17.0 Å². The molecule has 0 atom stereocenters. The van der Waals surface area contributed by atoms with E-state index >= 15 is 0 Å². The van der Waals surface area contributed by atoms with Crippen molar-refractivity contribution in [3.8, 4) is 5.75 Å². The number of hydrogen-bond donors (Lipinski definition) is 2. The first kappa shape index (κ1) is 18.2. The normalized spacial score (nSPS) is 9.96. The Labute approximate surface area is 153 Å². The van der Waals surface area contributed by atoms with Crippen LogP contribution in [0.1, 0.15) is 17.3 Å². The van der Waals surface area contributed by atoms with E-state index in [0.717, 1.165) is 0 Å². The van der Waals surface area contributed by atoms with Crippen LogP contribution in [0.25, 0.3) is 0 Å². The van der Waals surface area contributed by atoms with Crippen molar-refractivity contribution in [2.75, 3.05) is 5.32 Å². The number of thiocarbonyl (C=S) groups is 1. The van der Waals surface area contributed by atoms with Gasteiger partial charge in [0.05, 0.1) is 21.3 Å². The van der Waals surface area contributed by atoms with Crippen LogP contribution < -0.4 is 15.4 Å². The highest BCUT2D eigenvalue weighted by molar-refractivity contribution is 7.80. The van der Waals surface area contributed by atoms with Crippen molar-refractivity contribution in [3.05, 3.63) is 58.1 Å². The molecule has 0 unspecified atom stereocenters. The van der Waals surface area contributed by atoms with E-state index in [4.69, 9.17) is 40.2 Å². The van der Waals surface area contributed by atoms with Crippen molar-refractivity contribution in [1.29, 1.82) is 0 Å². The number of ether oxygens (including phenoxy) is 1. The highest BCUT2D eigenvalue weighted by atomic mass is 35.5. The van der Waals surface area contributed by atoms with Crippen molar-refractivity contribution >= 4 is 58.1 Å². The monoisotopic (exact) mass is 382 g/mol. The minimum absolute atomic E-state index is 0.0294. The molecular weight excluding hydrogens is 371 g/mol. The van der Waals surface area contributed by atoms with Gasteiger partial charge >= 0.3 is 5.97 Å². The molecule has 1 amide bonds. The fraction of sp³-hybridized carbons (Fsp3) is 0.0625. The van der Waals surface area contributed by atoms with Gasteiger partial charge in [0.1, 0.15) is 5.75 Å². The molecule has 5 nitrogen and oxygen atoms in total. The molecule has 0 aromatic heterocycles. The van der Waals surface area contributed by atoms with E-state index < -0.39 is 11.9 Å². The molecule has 124 valence electrons. The quantitative estimate of drug-likeness (QED) is 0.476. The van der Waals surface area contributed by atoms with Gasteiger partial charge in [-0.15, -0.1) is 0 Å². The predicted octanol–water partition coefficient (Wildman–Crippen LogP) is 4.05. The number of halogens is 2. The second-order valence-electron chi connectivity index (χ2n) is 4.60. The maximum absolute atomic E-state index is 12.3. The van der Waals surface area contributed by atoms with Gasteiger partial charge in [-0.25, -0.2) is 0 Å². The van der Waals surface area contributed by atoms with Crippen LogP contribution >= 0.6 is 35.4 Å². The molecule has 2 rings (SSSR count). The number of esters is 1. The fourth-order valence-corrected chi connectivity index (χ4v) is 2.37. The Kier molecular flexibility index (Phi) is 6.14. The number of hydrogen-bond acceptors (Lipinski definition) is 4. The third-order valence-electron chi connectivity index (χ3n) is 2.81. The third-order valence-corrected chi connectivity index (χ3v) is 3.84. The first-order chi connectivity index (χ1) is 11.4. The topological polar surface area (TPSA) is 67.4 Å². The molecular formula is C16H12Cl2N2O3S. The molecule has 24 heavy (non-hydrogen) atoms. The summed E-state index contributed by atoms with van der Waals surface area (Å²) in [5.74, 6) is -0.907. The lowest BCUT2D eigenvalue weighted by atomic mass is 10.2. The zero-order valence-electron chi connectivity index (χ0n) is 12.4. The van der Waals surface area contributed by atoms with E-state index in [2.05, 4.69) is 10.6 Å². The molecule has 0 aliphatic rings. The van der Waals surface area contributed by atoms with Crippen LogP contribution in [0.5, 0.6) is 5.75 Å². The lowest BCUT2D eigenvalue weighted by molar-refractivity contribution is -0.131. The molecule has 2 N–H and O–H groups in total. The molecule has 2 aromatic carbocycles. The lowest BCUT2D eigenvalue weighted by Crippen LogP contribution is -2.34. The number of rotatable bonds is 3. The van der Waals surface area contributed by atoms with E-state index in [1.807, 2.05) is 0 Å². The number of carbonyl (C=O) groups excluding carboxylic acids is 2. The largest absolute Gasteiger partial charge is 0.426 e. The van der Waals surface area contributed by atoms with E-state index in [0.29, 0.717) is 10.7 Å². The van der Waals surface area contributed by atoms with Crippen molar-refractivity contribution < 1.29 is 14.3 Å². The number of nitrogens with one attached hydrogen (secondary N) is 2. The van der Waals surface area contributed by atoms with Crippen molar-refractivity contribution in [2.24, 2.45) is 0 Å². The van der Waals surface area contributed by atoms with Gasteiger partial charge in [0.15, 0.2) is 5.11 Å². The molecule has 0 radical (unpaired) electrons. The van der Waals surface area contributed by atoms with Crippen LogP contribution in [0, 0.1) is 0 Å². The molecule has 2 aromatic rings. The SMILES string of the molecule is CC(=O)Oc1ccccc1C(=O)NC(=S)Nc1cccc(Cl)c1Cl. The van der Waals surface area contributed by atoms with Crippen LogP contribution in [0.2, 0.25) is 10.0 Å². The Bertz CT molecular complexity index is 812. The summed E-state index contributed by atoms with van der Waals surface area (Å²) in [4.78, 5) is 23.4. The number of anilines is 1. The van der Waals surface area contributed by atoms with Gasteiger partial charge in [0.25, 0.3) is 5.91 Å². The van der Waals surface area contributed by atoms with E-state index in [9.17, 15) is 9.59 Å². The van der Waals surface area contributed by atoms with Crippen LogP contribution in [-0.2, 0) is 4.79 Å². The molecule has 0 aliphatic heterocycles. The minimum atomic E-state index is -0.526. The first-order valence-electron chi connectivity index (χ1n) is 6.72. The Morgan fingerprint density at radius 2 is 1.79 bits per heavy atom. The second kappa shape index (κ2) is 8.10. The van der Waals surface area contributed by atoms with E-state index in [1.54, 1.807) is 30.3 Å². The summed E-state index contributed by atoms with van der Waals surface area (Å²) in [5, 5.41) is 5.96. The smallest absolute Gasteiger partial charge is 0.308 e. The molecule has 0 spiro atoms. The van der Waals surface area contributed by atoms with Gasteiger partial charge in [0, 0.05) is 6.92 Å². The molecule has 8 heteroatoms. The Balaban J connectivity index is 2.11. The summed E-state index contributed by atoms with van der Waals surface area (Å²) in [6.45, 7) is 1.25. The number of carbonyl (C=O) groups is 2. The number of para-hydroxylation sites is 1. The maximum atomic E-state index is 12.3. The van der Waals surface area contributed by atoms with Crippen LogP contribution in [0.3, 0.4) is 0 Å². The minimum Gasteiger partial charge on any atom is -0.426 e. The Hall–Kier alpha value is -2.15. The standard InChI is InChI=1S/C16H12Cl2N2O3S/c1-9(21)23-13-8-3-2-5-10(13)15(22)20-16(24)19-12-7-4-6-11(17)14(12)18/h2-8H,1H3,(H2,19,20,22,24). The van der Waals surface area contributed by atoms with Gasteiger partial charge in [-0.05, 0) is 36.5 Å². The summed E-state index contributed by atoms with van der Waals surface area (Å²) in [7, 11) is 0. The third kappa shape index (κ3) is 4.67. The highest BCUT2D eigenvalue weighted by Gasteiger charge is 2.15. The molecule has 0 saturated heterocycles. The van der Waals surface area contributed by atoms with Gasteiger partial charge in [0.2, 0.25) is 0 Å². The lowest BCUT2D eigenvalue weighted by Gasteiger charge is -2.13. The molecule has 0 fully saturated rings. The van der Waals surface area contributed by atoms with Gasteiger partial charge < -0.3 is 10.1 Å². The van der Waals surface area contributed by atoms with E-state index in [-0.39, 0.29) is 21.4 Å². The number of amides is 1. The molecule has 0 heterocycles. The fourth-order valence-electron chi connectivity index (χ4n) is 1.82. The van der Waals surface area contributed by atoms with Gasteiger partial charge in [-0.1, -0.05) is 41.4 Å². The van der Waals surface area contributed by atoms with Gasteiger partial charge in [-0.3, -0.25) is 14.9 Å². The summed E-state index contributed by atoms with van der Waals surface area (Å²) < 4.78 is 5.00. The summed E-state index contributed by atoms with van der Waals surface area (Å²) in [6, 6.07) is 11.3. The zero-order valence-corrected chi connectivity index (χ0v) is 14.8. The van der Waals surface area contributed by atoms with Gasteiger partial charge in [-0.2, -0.15) is 0 Å². The predicted molar refractivity (Wildman–Crippen MR) is 97.9 cm³/mol. The zero-order chi connectivity index (χ0) is 17.7. The van der Waals surface area contributed by atoms with Crippen molar-refractivity contribution in [1.82, 2.24) is 5.32 Å². The Morgan fingerprint density at radius 3 is 2.50 bits per heavy atom. The first-order valence-corrected chi connectivity index (χ1v) is 7.88. The molecule has 0 bridgehead atoms. The van der Waals surface area contributed by atoms with Crippen LogP contribution in [0.15, 0.2) is 42.5 Å². The van der Waals surface area contributed by atoms with Crippen molar-refractivity contribution in [2.45, 2.75) is 6.92 Å². The Morgan fingerprint density at radius 1 is 1.08 bits per heavy atom. The summed E-state index contributed by atoms with van der Waals surface area (Å²) in [5.41, 5.74) is 0.636. The average molecular weight is 383 g/mol. The number of benzene rings is 2. The van der Waals surface area contributed by atoms with Crippen LogP contribution in [0.4, 0.5) is 5.69 Å². The van der Waals surface area contributed by atoms with Crippen molar-refractivity contribution in [3.63, 3.8) is 0 Å².